The average molecular weight is 320 g/mol. The summed E-state index contributed by atoms with van der Waals surface area (Å²) < 4.78 is 6.67. The lowest BCUT2D eigenvalue weighted by Gasteiger charge is -2.16. The van der Waals surface area contributed by atoms with Gasteiger partial charge >= 0.3 is 5.97 Å². The van der Waals surface area contributed by atoms with Crippen LogP contribution in [0.5, 0.6) is 0 Å². The summed E-state index contributed by atoms with van der Waals surface area (Å²) in [6.07, 6.45) is 5.85. The third kappa shape index (κ3) is 2.45. The van der Waals surface area contributed by atoms with E-state index in [2.05, 4.69) is 4.98 Å². The van der Waals surface area contributed by atoms with Gasteiger partial charge in [0.2, 0.25) is 0 Å². The second-order valence-electron chi connectivity index (χ2n) is 5.59. The van der Waals surface area contributed by atoms with Crippen molar-refractivity contribution in [2.45, 2.75) is 52.0 Å². The molecule has 2 aromatic rings. The molecule has 0 bridgehead atoms. The van der Waals surface area contributed by atoms with Crippen molar-refractivity contribution in [2.75, 3.05) is 6.61 Å². The molecule has 1 aliphatic rings. The minimum atomic E-state index is -0.590. The lowest BCUT2D eigenvalue weighted by Crippen LogP contribution is -2.31. The molecule has 1 aliphatic carbocycles. The Labute approximate surface area is 132 Å². The second kappa shape index (κ2) is 6.20. The van der Waals surface area contributed by atoms with Crippen LogP contribution in [-0.4, -0.2) is 22.1 Å². The van der Waals surface area contributed by atoms with Crippen LogP contribution in [0.4, 0.5) is 0 Å². The van der Waals surface area contributed by atoms with Crippen LogP contribution in [0.1, 0.15) is 49.6 Å². The highest BCUT2D eigenvalue weighted by molar-refractivity contribution is 7.18. The third-order valence-electron chi connectivity index (χ3n) is 4.09. The molecule has 0 unspecified atom stereocenters. The predicted molar refractivity (Wildman–Crippen MR) is 86.5 cm³/mol. The van der Waals surface area contributed by atoms with E-state index in [0.29, 0.717) is 18.4 Å². The van der Waals surface area contributed by atoms with Gasteiger partial charge in [0.1, 0.15) is 10.9 Å². The van der Waals surface area contributed by atoms with Gasteiger partial charge in [0.15, 0.2) is 0 Å². The van der Waals surface area contributed by atoms with Crippen LogP contribution in [0.2, 0.25) is 0 Å². The number of carbonyl (C=O) groups is 1. The highest BCUT2D eigenvalue weighted by atomic mass is 32.1. The SMILES string of the molecule is CCCOC(=O)[C@@H](CC)n1cnc2sc3c(c2c1=O)CCC3. The first-order valence-corrected chi connectivity index (χ1v) is 8.67. The second-order valence-corrected chi connectivity index (χ2v) is 6.67. The summed E-state index contributed by atoms with van der Waals surface area (Å²) in [5.74, 6) is -0.348. The fourth-order valence-corrected chi connectivity index (χ4v) is 4.21. The number of aryl methyl sites for hydroxylation is 2. The molecule has 0 aromatic carbocycles. The fourth-order valence-electron chi connectivity index (χ4n) is 3.00. The normalized spacial score (nSPS) is 15.0. The van der Waals surface area contributed by atoms with Crippen LogP contribution in [0, 0.1) is 0 Å². The van der Waals surface area contributed by atoms with Gasteiger partial charge in [-0.25, -0.2) is 9.78 Å². The molecule has 0 saturated heterocycles. The lowest BCUT2D eigenvalue weighted by atomic mass is 10.2. The topological polar surface area (TPSA) is 61.2 Å². The smallest absolute Gasteiger partial charge is 0.329 e. The van der Waals surface area contributed by atoms with Crippen molar-refractivity contribution >= 4 is 27.5 Å². The van der Waals surface area contributed by atoms with E-state index in [1.54, 1.807) is 11.3 Å². The standard InChI is InChI=1S/C16H20N2O3S/c1-3-8-21-16(20)11(4-2)18-9-17-14-13(15(18)19)10-6-5-7-12(10)22-14/h9,11H,3-8H2,1-2H3/t11-/m1/s1. The maximum absolute atomic E-state index is 12.8. The van der Waals surface area contributed by atoms with E-state index in [9.17, 15) is 9.59 Å². The van der Waals surface area contributed by atoms with Gasteiger partial charge in [-0.1, -0.05) is 13.8 Å². The first-order valence-electron chi connectivity index (χ1n) is 7.85. The predicted octanol–water partition coefficient (Wildman–Crippen LogP) is 2.85. The maximum atomic E-state index is 12.8. The molecule has 5 nitrogen and oxygen atoms in total. The van der Waals surface area contributed by atoms with E-state index in [0.717, 1.165) is 36.1 Å². The molecule has 0 saturated carbocycles. The molecule has 0 aliphatic heterocycles. The van der Waals surface area contributed by atoms with Crippen molar-refractivity contribution in [2.24, 2.45) is 0 Å². The number of nitrogens with zero attached hydrogens (tertiary/aromatic N) is 2. The molecule has 2 heterocycles. The summed E-state index contributed by atoms with van der Waals surface area (Å²) in [5, 5.41) is 0.710. The molecular formula is C16H20N2O3S. The molecule has 0 N–H and O–H groups in total. The Bertz CT molecular complexity index is 763. The molecule has 3 rings (SSSR count). The van der Waals surface area contributed by atoms with Gasteiger partial charge < -0.3 is 4.74 Å². The number of carbonyl (C=O) groups excluding carboxylic acids is 1. The molecular weight excluding hydrogens is 300 g/mol. The molecule has 118 valence electrons. The van der Waals surface area contributed by atoms with Crippen molar-refractivity contribution in [3.05, 3.63) is 27.1 Å². The Morgan fingerprint density at radius 1 is 1.45 bits per heavy atom. The Balaban J connectivity index is 2.05. The zero-order valence-corrected chi connectivity index (χ0v) is 13.7. The van der Waals surface area contributed by atoms with E-state index < -0.39 is 6.04 Å². The largest absolute Gasteiger partial charge is 0.464 e. The van der Waals surface area contributed by atoms with Gasteiger partial charge in [-0.05, 0) is 37.7 Å². The molecule has 0 spiro atoms. The first-order chi connectivity index (χ1) is 10.7. The van der Waals surface area contributed by atoms with Gasteiger partial charge in [-0.2, -0.15) is 0 Å². The van der Waals surface area contributed by atoms with Crippen molar-refractivity contribution < 1.29 is 9.53 Å². The van der Waals surface area contributed by atoms with E-state index >= 15 is 0 Å². The number of thiophene rings is 1. The van der Waals surface area contributed by atoms with Crippen LogP contribution >= 0.6 is 11.3 Å². The minimum Gasteiger partial charge on any atom is -0.464 e. The van der Waals surface area contributed by atoms with E-state index in [1.807, 2.05) is 13.8 Å². The van der Waals surface area contributed by atoms with E-state index in [4.69, 9.17) is 4.74 Å². The third-order valence-corrected chi connectivity index (χ3v) is 5.29. The van der Waals surface area contributed by atoms with E-state index in [-0.39, 0.29) is 11.5 Å². The summed E-state index contributed by atoms with van der Waals surface area (Å²) in [6, 6.07) is -0.590. The summed E-state index contributed by atoms with van der Waals surface area (Å²) >= 11 is 1.61. The van der Waals surface area contributed by atoms with Crippen LogP contribution in [0.25, 0.3) is 10.2 Å². The number of fused-ring (bicyclic) bond motifs is 3. The van der Waals surface area contributed by atoms with Crippen molar-refractivity contribution in [1.29, 1.82) is 0 Å². The molecule has 0 amide bonds. The monoisotopic (exact) mass is 320 g/mol. The molecule has 0 radical (unpaired) electrons. The zero-order valence-electron chi connectivity index (χ0n) is 12.9. The number of hydrogen-bond acceptors (Lipinski definition) is 5. The van der Waals surface area contributed by atoms with Crippen LogP contribution in [-0.2, 0) is 22.4 Å². The average Bonchev–Trinajstić information content (AvgIpc) is 3.08. The Morgan fingerprint density at radius 2 is 2.27 bits per heavy atom. The van der Waals surface area contributed by atoms with Crippen LogP contribution in [0.15, 0.2) is 11.1 Å². The zero-order chi connectivity index (χ0) is 15.7. The highest BCUT2D eigenvalue weighted by Crippen LogP contribution is 2.34. The Kier molecular flexibility index (Phi) is 4.29. The highest BCUT2D eigenvalue weighted by Gasteiger charge is 2.26. The van der Waals surface area contributed by atoms with Crippen molar-refractivity contribution in [1.82, 2.24) is 9.55 Å². The van der Waals surface area contributed by atoms with Gasteiger partial charge in [-0.15, -0.1) is 11.3 Å². The maximum Gasteiger partial charge on any atom is 0.329 e. The summed E-state index contributed by atoms with van der Waals surface area (Å²) in [4.78, 5) is 31.5. The molecule has 1 atom stereocenters. The molecule has 0 fully saturated rings. The fraction of sp³-hybridized carbons (Fsp3) is 0.562. The minimum absolute atomic E-state index is 0.107. The molecule has 6 heteroatoms. The number of ether oxygens (including phenoxy) is 1. The number of aromatic nitrogens is 2. The quantitative estimate of drug-likeness (QED) is 0.795. The van der Waals surface area contributed by atoms with E-state index in [1.165, 1.54) is 15.8 Å². The van der Waals surface area contributed by atoms with Crippen molar-refractivity contribution in [3.63, 3.8) is 0 Å². The Hall–Kier alpha value is -1.69. The Morgan fingerprint density at radius 3 is 3.00 bits per heavy atom. The first kappa shape index (κ1) is 15.2. The summed E-state index contributed by atoms with van der Waals surface area (Å²) in [7, 11) is 0. The van der Waals surface area contributed by atoms with Gasteiger partial charge in [0.05, 0.1) is 18.3 Å². The van der Waals surface area contributed by atoms with Gasteiger partial charge in [0.25, 0.3) is 5.56 Å². The lowest BCUT2D eigenvalue weighted by molar-refractivity contribution is -0.147. The number of hydrogen-bond donors (Lipinski definition) is 0. The number of rotatable bonds is 5. The van der Waals surface area contributed by atoms with Crippen LogP contribution < -0.4 is 5.56 Å². The van der Waals surface area contributed by atoms with Crippen LogP contribution in [0.3, 0.4) is 0 Å². The summed E-state index contributed by atoms with van der Waals surface area (Å²) in [6.45, 7) is 4.21. The van der Waals surface area contributed by atoms with Gasteiger partial charge in [-0.3, -0.25) is 9.36 Å². The molecule has 2 aromatic heterocycles. The van der Waals surface area contributed by atoms with Crippen molar-refractivity contribution in [3.8, 4) is 0 Å². The molecule has 22 heavy (non-hydrogen) atoms. The van der Waals surface area contributed by atoms with Gasteiger partial charge in [0, 0.05) is 4.88 Å². The summed E-state index contributed by atoms with van der Waals surface area (Å²) in [5.41, 5.74) is 1.04. The number of esters is 1.